The van der Waals surface area contributed by atoms with Gasteiger partial charge in [-0.1, -0.05) is 18.2 Å². The second-order valence-electron chi connectivity index (χ2n) is 4.08. The normalized spacial score (nSPS) is 10.8. The highest BCUT2D eigenvalue weighted by Gasteiger charge is 2.36. The van der Waals surface area contributed by atoms with Crippen LogP contribution in [0.15, 0.2) is 54.7 Å². The maximum atomic E-state index is 11.0. The summed E-state index contributed by atoms with van der Waals surface area (Å²) in [4.78, 5) is 11.0. The predicted molar refractivity (Wildman–Crippen MR) is 74.5 cm³/mol. The monoisotopic (exact) mass is 246 g/mol. The molecule has 0 amide bonds. The van der Waals surface area contributed by atoms with Gasteiger partial charge in [0.2, 0.25) is 0 Å². The average Bonchev–Trinajstić information content (AvgIpc) is 2.78. The number of aldehydes is 1. The Morgan fingerprint density at radius 2 is 1.65 bits per heavy atom. The standard InChI is InChI=1S/C14H18O2Si/c1-4-9-17(10-5-2,11-6-3)14-13(12-15)7-8-16-14/h4-8,12H,1-3,9-11H2. The van der Waals surface area contributed by atoms with E-state index in [4.69, 9.17) is 4.42 Å². The first-order chi connectivity index (χ1) is 8.24. The number of rotatable bonds is 8. The fourth-order valence-electron chi connectivity index (χ4n) is 2.20. The molecule has 0 aliphatic rings. The lowest BCUT2D eigenvalue weighted by Crippen LogP contribution is -2.47. The first kappa shape index (κ1) is 13.5. The van der Waals surface area contributed by atoms with Crippen LogP contribution in [0.2, 0.25) is 18.1 Å². The van der Waals surface area contributed by atoms with Crippen LogP contribution in [0.5, 0.6) is 0 Å². The van der Waals surface area contributed by atoms with Gasteiger partial charge in [-0.3, -0.25) is 4.79 Å². The molecule has 1 aromatic rings. The van der Waals surface area contributed by atoms with E-state index >= 15 is 0 Å². The largest absolute Gasteiger partial charge is 0.474 e. The molecule has 0 unspecified atom stereocenters. The van der Waals surface area contributed by atoms with Crippen molar-refractivity contribution in [1.82, 2.24) is 0 Å². The molecule has 0 bridgehead atoms. The summed E-state index contributed by atoms with van der Waals surface area (Å²) in [5, 5.41) is 0.840. The molecule has 0 aliphatic heterocycles. The Labute approximate surface area is 103 Å². The molecule has 0 saturated carbocycles. The molecule has 0 spiro atoms. The summed E-state index contributed by atoms with van der Waals surface area (Å²) in [6, 6.07) is 4.30. The molecule has 3 heteroatoms. The molecule has 0 fully saturated rings. The third-order valence-electron chi connectivity index (χ3n) is 2.91. The molecule has 2 nitrogen and oxygen atoms in total. The van der Waals surface area contributed by atoms with E-state index in [1.807, 2.05) is 18.2 Å². The molecular weight excluding hydrogens is 228 g/mol. The average molecular weight is 246 g/mol. The van der Waals surface area contributed by atoms with Crippen LogP contribution >= 0.6 is 0 Å². The summed E-state index contributed by atoms with van der Waals surface area (Å²) in [5.41, 5.74) is 0.655. The van der Waals surface area contributed by atoms with Gasteiger partial charge in [0.1, 0.15) is 8.07 Å². The first-order valence-electron chi connectivity index (χ1n) is 5.60. The van der Waals surface area contributed by atoms with Crippen LogP contribution in [0.4, 0.5) is 0 Å². The zero-order chi connectivity index (χ0) is 12.7. The number of hydrogen-bond donors (Lipinski definition) is 0. The summed E-state index contributed by atoms with van der Waals surface area (Å²) >= 11 is 0. The quantitative estimate of drug-likeness (QED) is 0.400. The Morgan fingerprint density at radius 1 is 1.12 bits per heavy atom. The van der Waals surface area contributed by atoms with E-state index < -0.39 is 8.07 Å². The summed E-state index contributed by atoms with van der Waals surface area (Å²) in [7, 11) is -1.94. The maximum Gasteiger partial charge on any atom is 0.153 e. The van der Waals surface area contributed by atoms with Gasteiger partial charge in [-0.25, -0.2) is 0 Å². The van der Waals surface area contributed by atoms with E-state index in [0.717, 1.165) is 29.8 Å². The fourth-order valence-corrected chi connectivity index (χ4v) is 5.99. The third-order valence-corrected chi connectivity index (χ3v) is 7.49. The van der Waals surface area contributed by atoms with E-state index in [2.05, 4.69) is 19.7 Å². The Bertz CT molecular complexity index is 391. The van der Waals surface area contributed by atoms with E-state index in [-0.39, 0.29) is 0 Å². The highest BCUT2D eigenvalue weighted by atomic mass is 28.3. The van der Waals surface area contributed by atoms with Crippen LogP contribution in [-0.4, -0.2) is 14.4 Å². The highest BCUT2D eigenvalue weighted by Crippen LogP contribution is 2.24. The van der Waals surface area contributed by atoms with Crippen molar-refractivity contribution >= 4 is 19.7 Å². The van der Waals surface area contributed by atoms with E-state index in [9.17, 15) is 4.79 Å². The molecule has 90 valence electrons. The lowest BCUT2D eigenvalue weighted by Gasteiger charge is -2.26. The van der Waals surface area contributed by atoms with Crippen molar-refractivity contribution in [2.24, 2.45) is 0 Å². The molecule has 1 aromatic heterocycles. The van der Waals surface area contributed by atoms with Crippen LogP contribution in [0.25, 0.3) is 0 Å². The Hall–Kier alpha value is -1.61. The Balaban J connectivity index is 3.27. The van der Waals surface area contributed by atoms with Crippen LogP contribution in [0.3, 0.4) is 0 Å². The number of hydrogen-bond acceptors (Lipinski definition) is 2. The van der Waals surface area contributed by atoms with Crippen molar-refractivity contribution in [1.29, 1.82) is 0 Å². The molecule has 17 heavy (non-hydrogen) atoms. The van der Waals surface area contributed by atoms with E-state index in [0.29, 0.717) is 5.56 Å². The number of carbonyl (C=O) groups is 1. The van der Waals surface area contributed by atoms with Gasteiger partial charge in [-0.15, -0.1) is 19.7 Å². The molecule has 0 saturated heterocycles. The van der Waals surface area contributed by atoms with Crippen molar-refractivity contribution in [2.45, 2.75) is 18.1 Å². The summed E-state index contributed by atoms with van der Waals surface area (Å²) in [6.45, 7) is 11.4. The van der Waals surface area contributed by atoms with Crippen LogP contribution in [0.1, 0.15) is 10.4 Å². The SMILES string of the molecule is C=CC[Si](CC=C)(CC=C)c1occc1C=O. The highest BCUT2D eigenvalue weighted by molar-refractivity contribution is 6.92. The number of carbonyl (C=O) groups excluding carboxylic acids is 1. The summed E-state index contributed by atoms with van der Waals surface area (Å²) in [5.74, 6) is 0. The predicted octanol–water partition coefficient (Wildman–Crippen LogP) is 3.31. The van der Waals surface area contributed by atoms with Crippen molar-refractivity contribution < 1.29 is 9.21 Å². The summed E-state index contributed by atoms with van der Waals surface area (Å²) in [6.07, 6.45) is 8.13. The Kier molecular flexibility index (Phi) is 4.91. The van der Waals surface area contributed by atoms with Gasteiger partial charge in [0.05, 0.1) is 17.2 Å². The van der Waals surface area contributed by atoms with Gasteiger partial charge >= 0.3 is 0 Å². The second kappa shape index (κ2) is 6.20. The number of furan rings is 1. The smallest absolute Gasteiger partial charge is 0.153 e. The first-order valence-corrected chi connectivity index (χ1v) is 8.22. The van der Waals surface area contributed by atoms with Crippen molar-refractivity contribution in [3.63, 3.8) is 0 Å². The van der Waals surface area contributed by atoms with E-state index in [1.165, 1.54) is 0 Å². The second-order valence-corrected chi connectivity index (χ2v) is 8.32. The maximum absolute atomic E-state index is 11.0. The van der Waals surface area contributed by atoms with Crippen LogP contribution < -0.4 is 5.38 Å². The van der Waals surface area contributed by atoms with Gasteiger partial charge in [0.25, 0.3) is 0 Å². The molecule has 0 aromatic carbocycles. The molecule has 0 aliphatic carbocycles. The van der Waals surface area contributed by atoms with Gasteiger partial charge in [-0.05, 0) is 24.2 Å². The fraction of sp³-hybridized carbons (Fsp3) is 0.214. The van der Waals surface area contributed by atoms with Crippen LogP contribution in [-0.2, 0) is 0 Å². The molecular formula is C14H18O2Si. The Morgan fingerprint density at radius 3 is 2.06 bits per heavy atom. The van der Waals surface area contributed by atoms with Gasteiger partial charge in [-0.2, -0.15) is 0 Å². The minimum atomic E-state index is -1.94. The van der Waals surface area contributed by atoms with Crippen molar-refractivity contribution in [3.05, 3.63) is 55.9 Å². The zero-order valence-corrected chi connectivity index (χ0v) is 11.0. The minimum Gasteiger partial charge on any atom is -0.474 e. The lowest BCUT2D eigenvalue weighted by molar-refractivity contribution is 0.112. The molecule has 0 radical (unpaired) electrons. The van der Waals surface area contributed by atoms with Gasteiger partial charge in [0, 0.05) is 0 Å². The number of allylic oxidation sites excluding steroid dienone is 3. The van der Waals surface area contributed by atoms with Gasteiger partial charge in [0.15, 0.2) is 6.29 Å². The van der Waals surface area contributed by atoms with Gasteiger partial charge < -0.3 is 4.42 Å². The lowest BCUT2D eigenvalue weighted by atomic mass is 10.4. The van der Waals surface area contributed by atoms with E-state index in [1.54, 1.807) is 12.3 Å². The zero-order valence-electron chi connectivity index (χ0n) is 10.0. The molecule has 0 N–H and O–H groups in total. The minimum absolute atomic E-state index is 0.655. The summed E-state index contributed by atoms with van der Waals surface area (Å²) < 4.78 is 5.57. The molecule has 1 heterocycles. The molecule has 1 rings (SSSR count). The molecule has 0 atom stereocenters. The van der Waals surface area contributed by atoms with Crippen molar-refractivity contribution in [2.75, 3.05) is 0 Å². The van der Waals surface area contributed by atoms with Crippen LogP contribution in [0, 0.1) is 0 Å². The van der Waals surface area contributed by atoms with Crippen molar-refractivity contribution in [3.8, 4) is 0 Å². The topological polar surface area (TPSA) is 30.2 Å². The third kappa shape index (κ3) is 2.74.